The van der Waals surface area contributed by atoms with Gasteiger partial charge in [-0.3, -0.25) is 10.1 Å². The summed E-state index contributed by atoms with van der Waals surface area (Å²) in [4.78, 5) is 28.0. The van der Waals surface area contributed by atoms with Crippen LogP contribution in [0.15, 0.2) is 5.38 Å². The van der Waals surface area contributed by atoms with Gasteiger partial charge in [0.2, 0.25) is 0 Å². The minimum Gasteiger partial charge on any atom is -0.481 e. The second kappa shape index (κ2) is 6.51. The van der Waals surface area contributed by atoms with E-state index in [4.69, 9.17) is 5.11 Å². The average molecular weight is 337 g/mol. The third-order valence-corrected chi connectivity index (χ3v) is 4.01. The van der Waals surface area contributed by atoms with E-state index in [1.165, 1.54) is 10.3 Å². The van der Waals surface area contributed by atoms with Crippen LogP contribution in [0.2, 0.25) is 0 Å². The van der Waals surface area contributed by atoms with Crippen molar-refractivity contribution in [2.45, 2.75) is 25.4 Å². The van der Waals surface area contributed by atoms with Crippen LogP contribution in [0.5, 0.6) is 0 Å². The highest BCUT2D eigenvalue weighted by atomic mass is 32.1. The number of hydrogen-bond acceptors (Lipinski definition) is 4. The lowest BCUT2D eigenvalue weighted by atomic mass is 9.99. The highest BCUT2D eigenvalue weighted by molar-refractivity contribution is 7.13. The summed E-state index contributed by atoms with van der Waals surface area (Å²) in [6.07, 6.45) is -4.42. The van der Waals surface area contributed by atoms with Crippen LogP contribution in [-0.4, -0.2) is 46.3 Å². The number of rotatable bonds is 3. The molecule has 1 aromatic rings. The number of nitrogens with one attached hydrogen (secondary N) is 1. The zero-order valence-corrected chi connectivity index (χ0v) is 12.2. The molecule has 1 atom stereocenters. The van der Waals surface area contributed by atoms with Crippen LogP contribution < -0.4 is 5.32 Å². The normalized spacial score (nSPS) is 19.0. The molecule has 122 valence electrons. The van der Waals surface area contributed by atoms with E-state index in [1.54, 1.807) is 0 Å². The zero-order chi connectivity index (χ0) is 16.3. The molecule has 0 saturated carbocycles. The summed E-state index contributed by atoms with van der Waals surface area (Å²) in [7, 11) is 0. The number of halogens is 3. The first-order chi connectivity index (χ1) is 10.2. The summed E-state index contributed by atoms with van der Waals surface area (Å²) in [6, 6.07) is -0.543. The predicted molar refractivity (Wildman–Crippen MR) is 72.8 cm³/mol. The van der Waals surface area contributed by atoms with E-state index in [9.17, 15) is 22.8 Å². The number of carboxylic acid groups (broad SMARTS) is 1. The third-order valence-electron chi connectivity index (χ3n) is 3.21. The summed E-state index contributed by atoms with van der Waals surface area (Å²) in [5, 5.41) is 12.7. The minimum absolute atomic E-state index is 0.0710. The van der Waals surface area contributed by atoms with Crippen molar-refractivity contribution in [1.29, 1.82) is 0 Å². The van der Waals surface area contributed by atoms with E-state index in [-0.39, 0.29) is 17.4 Å². The van der Waals surface area contributed by atoms with Gasteiger partial charge in [-0.05, 0) is 12.8 Å². The Morgan fingerprint density at radius 3 is 2.86 bits per heavy atom. The molecule has 2 rings (SSSR count). The molecule has 1 fully saturated rings. The lowest BCUT2D eigenvalue weighted by molar-refractivity contribution is -0.143. The van der Waals surface area contributed by atoms with Crippen LogP contribution in [0, 0.1) is 5.92 Å². The smallest absolute Gasteiger partial charge is 0.394 e. The number of carboxylic acids is 1. The number of carbonyl (C=O) groups excluding carboxylic acids is 1. The second-order valence-corrected chi connectivity index (χ2v) is 5.85. The quantitative estimate of drug-likeness (QED) is 0.888. The maximum Gasteiger partial charge on any atom is 0.394 e. The molecule has 22 heavy (non-hydrogen) atoms. The SMILES string of the molecule is O=C(O)C1CCCN(C(=O)Nc2nc(CC(F)(F)F)cs2)C1. The Kier molecular flexibility index (Phi) is 4.89. The van der Waals surface area contributed by atoms with Gasteiger partial charge in [0.25, 0.3) is 0 Å². The van der Waals surface area contributed by atoms with Gasteiger partial charge < -0.3 is 10.0 Å². The summed E-state index contributed by atoms with van der Waals surface area (Å²) in [5.41, 5.74) is -0.158. The number of piperidine rings is 1. The van der Waals surface area contributed by atoms with Crippen LogP contribution >= 0.6 is 11.3 Å². The van der Waals surface area contributed by atoms with Gasteiger partial charge in [-0.25, -0.2) is 9.78 Å². The predicted octanol–water partition coefficient (Wildman–Crippen LogP) is 2.58. The topological polar surface area (TPSA) is 82.5 Å². The van der Waals surface area contributed by atoms with Crippen molar-refractivity contribution in [1.82, 2.24) is 9.88 Å². The van der Waals surface area contributed by atoms with Crippen LogP contribution in [0.1, 0.15) is 18.5 Å². The number of carbonyl (C=O) groups is 2. The molecule has 0 bridgehead atoms. The number of urea groups is 1. The molecule has 6 nitrogen and oxygen atoms in total. The summed E-state index contributed by atoms with van der Waals surface area (Å²) < 4.78 is 36.7. The van der Waals surface area contributed by atoms with Gasteiger partial charge in [0.15, 0.2) is 5.13 Å². The van der Waals surface area contributed by atoms with Gasteiger partial charge in [-0.15, -0.1) is 11.3 Å². The first-order valence-electron chi connectivity index (χ1n) is 6.54. The molecule has 1 aliphatic heterocycles. The highest BCUT2D eigenvalue weighted by Gasteiger charge is 2.30. The Bertz CT molecular complexity index is 561. The Hall–Kier alpha value is -1.84. The summed E-state index contributed by atoms with van der Waals surface area (Å²) >= 11 is 0.904. The first kappa shape index (κ1) is 16.5. The fraction of sp³-hybridized carbons (Fsp3) is 0.583. The van der Waals surface area contributed by atoms with Gasteiger partial charge in [0.1, 0.15) is 0 Å². The Morgan fingerprint density at radius 2 is 2.23 bits per heavy atom. The highest BCUT2D eigenvalue weighted by Crippen LogP contribution is 2.25. The van der Waals surface area contributed by atoms with Crippen LogP contribution in [0.25, 0.3) is 0 Å². The third kappa shape index (κ3) is 4.58. The largest absolute Gasteiger partial charge is 0.481 e. The maximum atomic E-state index is 12.2. The number of thiazole rings is 1. The number of aromatic nitrogens is 1. The molecule has 1 aromatic heterocycles. The molecule has 1 aliphatic rings. The van der Waals surface area contributed by atoms with E-state index in [2.05, 4.69) is 10.3 Å². The van der Waals surface area contributed by atoms with E-state index < -0.39 is 30.5 Å². The molecule has 2 heterocycles. The summed E-state index contributed by atoms with van der Waals surface area (Å²) in [6.45, 7) is 0.498. The van der Waals surface area contributed by atoms with E-state index >= 15 is 0 Å². The second-order valence-electron chi connectivity index (χ2n) is 4.99. The Morgan fingerprint density at radius 1 is 1.50 bits per heavy atom. The molecule has 2 amide bonds. The number of amides is 2. The molecule has 0 radical (unpaired) electrons. The molecule has 0 aromatic carbocycles. The van der Waals surface area contributed by atoms with Crippen molar-refractivity contribution in [3.63, 3.8) is 0 Å². The Balaban J connectivity index is 1.93. The number of aliphatic carboxylic acids is 1. The van der Waals surface area contributed by atoms with Crippen molar-refractivity contribution in [3.8, 4) is 0 Å². The molecule has 1 unspecified atom stereocenters. The van der Waals surface area contributed by atoms with E-state index in [0.29, 0.717) is 19.4 Å². The van der Waals surface area contributed by atoms with Gasteiger partial charge in [0, 0.05) is 18.5 Å². The zero-order valence-electron chi connectivity index (χ0n) is 11.4. The van der Waals surface area contributed by atoms with Crippen LogP contribution in [-0.2, 0) is 11.2 Å². The monoisotopic (exact) mass is 337 g/mol. The van der Waals surface area contributed by atoms with Gasteiger partial charge in [0.05, 0.1) is 18.0 Å². The van der Waals surface area contributed by atoms with Gasteiger partial charge in [-0.2, -0.15) is 13.2 Å². The van der Waals surface area contributed by atoms with Crippen molar-refractivity contribution in [2.24, 2.45) is 5.92 Å². The molecule has 0 aliphatic carbocycles. The van der Waals surface area contributed by atoms with Gasteiger partial charge in [-0.1, -0.05) is 0 Å². The fourth-order valence-electron chi connectivity index (χ4n) is 2.18. The molecule has 10 heteroatoms. The standard InChI is InChI=1S/C12H14F3N3O3S/c13-12(14,15)4-8-6-22-10(16-8)17-11(21)18-3-1-2-7(5-18)9(19)20/h6-7H,1-5H2,(H,19,20)(H,16,17,21). The molecular formula is C12H14F3N3O3S. The number of alkyl halides is 3. The summed E-state index contributed by atoms with van der Waals surface area (Å²) in [5.74, 6) is -1.57. The van der Waals surface area contributed by atoms with E-state index in [0.717, 1.165) is 11.3 Å². The van der Waals surface area contributed by atoms with Crippen molar-refractivity contribution >= 4 is 28.5 Å². The van der Waals surface area contributed by atoms with Crippen molar-refractivity contribution < 1.29 is 27.9 Å². The van der Waals surface area contributed by atoms with E-state index in [1.807, 2.05) is 0 Å². The number of hydrogen-bond donors (Lipinski definition) is 2. The number of anilines is 1. The van der Waals surface area contributed by atoms with Crippen molar-refractivity contribution in [2.75, 3.05) is 18.4 Å². The molecular weight excluding hydrogens is 323 g/mol. The van der Waals surface area contributed by atoms with Crippen LogP contribution in [0.4, 0.5) is 23.1 Å². The molecule has 0 spiro atoms. The lowest BCUT2D eigenvalue weighted by Crippen LogP contribution is -2.44. The average Bonchev–Trinajstić information content (AvgIpc) is 2.83. The maximum absolute atomic E-state index is 12.2. The fourth-order valence-corrected chi connectivity index (χ4v) is 2.88. The minimum atomic E-state index is -4.35. The van der Waals surface area contributed by atoms with Crippen LogP contribution in [0.3, 0.4) is 0 Å². The van der Waals surface area contributed by atoms with Gasteiger partial charge >= 0.3 is 18.2 Å². The molecule has 1 saturated heterocycles. The number of likely N-dealkylation sites (tertiary alicyclic amines) is 1. The first-order valence-corrected chi connectivity index (χ1v) is 7.42. The molecule has 2 N–H and O–H groups in total. The number of nitrogens with zero attached hydrogens (tertiary/aromatic N) is 2. The Labute approximate surface area is 127 Å². The lowest BCUT2D eigenvalue weighted by Gasteiger charge is -2.30. The van der Waals surface area contributed by atoms with Crippen molar-refractivity contribution in [3.05, 3.63) is 11.1 Å².